The number of nitrogens with two attached hydrogens (primary N) is 1. The van der Waals surface area contributed by atoms with Gasteiger partial charge in [-0.15, -0.1) is 0 Å². The summed E-state index contributed by atoms with van der Waals surface area (Å²) in [6.07, 6.45) is -1.34. The van der Waals surface area contributed by atoms with Crippen molar-refractivity contribution in [2.45, 2.75) is 41.4 Å². The second-order valence-electron chi connectivity index (χ2n) is 9.00. The zero-order valence-electron chi connectivity index (χ0n) is 19.9. The first-order valence-electron chi connectivity index (χ1n) is 11.3. The Hall–Kier alpha value is -2.56. The molecule has 5 N–H and O–H groups in total. The first-order valence-corrected chi connectivity index (χ1v) is 15.3. The molecule has 2 aliphatic heterocycles. The van der Waals surface area contributed by atoms with Gasteiger partial charge < -0.3 is 20.1 Å². The van der Waals surface area contributed by atoms with Crippen LogP contribution in [-0.2, 0) is 29.6 Å². The number of fused-ring (bicyclic) bond motifs is 1. The Morgan fingerprint density at radius 2 is 1.95 bits per heavy atom. The molecule has 0 saturated carbocycles. The maximum Gasteiger partial charge on any atom is 0.326 e. The molecule has 1 fully saturated rings. The number of hydrogen-bond acceptors (Lipinski definition) is 9. The number of thiol groups is 1. The van der Waals surface area contributed by atoms with Gasteiger partial charge in [-0.25, -0.2) is 26.8 Å². The topological polar surface area (TPSA) is 185 Å². The summed E-state index contributed by atoms with van der Waals surface area (Å²) in [6.45, 7) is 1.79. The summed E-state index contributed by atoms with van der Waals surface area (Å²) < 4.78 is 57.5. The van der Waals surface area contributed by atoms with Crippen LogP contribution in [0.4, 0.5) is 5.69 Å². The number of nitrogens with one attached hydrogen (secondary N) is 2. The predicted molar refractivity (Wildman–Crippen MR) is 141 cm³/mol. The van der Waals surface area contributed by atoms with E-state index in [1.54, 1.807) is 31.2 Å². The molecular weight excluding hydrogens is 580 g/mol. The van der Waals surface area contributed by atoms with Crippen LogP contribution in [0.2, 0.25) is 5.02 Å². The van der Waals surface area contributed by atoms with E-state index in [4.69, 9.17) is 21.5 Å². The minimum Gasteiger partial charge on any atom is -0.488 e. The van der Waals surface area contributed by atoms with E-state index >= 15 is 0 Å². The molecule has 0 aromatic heterocycles. The van der Waals surface area contributed by atoms with Gasteiger partial charge in [0, 0.05) is 18.1 Å². The van der Waals surface area contributed by atoms with Crippen molar-refractivity contribution in [2.75, 3.05) is 17.6 Å². The number of halogens is 1. The van der Waals surface area contributed by atoms with Crippen LogP contribution >= 0.6 is 24.2 Å². The molecule has 0 radical (unpaired) electrons. The largest absolute Gasteiger partial charge is 0.488 e. The Morgan fingerprint density at radius 3 is 2.53 bits per heavy atom. The van der Waals surface area contributed by atoms with Crippen LogP contribution in [0.1, 0.15) is 25.1 Å². The normalized spacial score (nSPS) is 23.3. The number of likely N-dealkylation sites (tertiary alicyclic amines) is 1. The van der Waals surface area contributed by atoms with Gasteiger partial charge in [0.25, 0.3) is 0 Å². The zero-order chi connectivity index (χ0) is 28.0. The summed E-state index contributed by atoms with van der Waals surface area (Å²) in [5, 5.41) is 17.4. The number of anilines is 1. The number of sulfonamides is 2. The maximum atomic E-state index is 12.8. The van der Waals surface area contributed by atoms with Gasteiger partial charge in [-0.05, 0) is 29.8 Å². The SMILES string of the molecule is CC(CS)C(=O)N1CC(Oc2ccc(C3Nc4cc(Cl)c(S(N)(=O)=O)cc4S(=O)(=O)N3)cc2)C[C@H]1C(=O)O. The van der Waals surface area contributed by atoms with Crippen LogP contribution in [0.25, 0.3) is 0 Å². The second-order valence-corrected chi connectivity index (χ2v) is 13.0. The lowest BCUT2D eigenvalue weighted by Gasteiger charge is -2.29. The first kappa shape index (κ1) is 28.4. The van der Waals surface area contributed by atoms with E-state index in [1.165, 1.54) is 11.0 Å². The molecule has 2 aromatic rings. The highest BCUT2D eigenvalue weighted by Crippen LogP contribution is 2.37. The van der Waals surface area contributed by atoms with Gasteiger partial charge in [-0.1, -0.05) is 30.7 Å². The van der Waals surface area contributed by atoms with E-state index in [-0.39, 0.29) is 40.2 Å². The number of hydrogen-bond donors (Lipinski definition) is 5. The van der Waals surface area contributed by atoms with Gasteiger partial charge in [-0.3, -0.25) is 4.79 Å². The Labute approximate surface area is 230 Å². The van der Waals surface area contributed by atoms with Crippen LogP contribution in [0.15, 0.2) is 46.2 Å². The van der Waals surface area contributed by atoms with Crippen molar-refractivity contribution in [1.29, 1.82) is 0 Å². The standard InChI is InChI=1S/C22H25ClN4O8S3/c1-11(10-36)21(28)27-9-14(6-17(27)22(29)30)35-13-4-2-12(3-5-13)20-25-16-7-15(23)18(37(24,31)32)8-19(16)38(33,34)26-20/h2-5,7-8,11,14,17,20,25-26,36H,6,9-10H2,1H3,(H,29,30)(H2,24,31,32)/t11?,14?,17-,20?/m0/s1. The molecule has 12 nitrogen and oxygen atoms in total. The molecule has 206 valence electrons. The first-order chi connectivity index (χ1) is 17.7. The van der Waals surface area contributed by atoms with Crippen molar-refractivity contribution in [1.82, 2.24) is 9.62 Å². The van der Waals surface area contributed by atoms with Crippen molar-refractivity contribution < 1.29 is 36.3 Å². The van der Waals surface area contributed by atoms with Gasteiger partial charge in [0.15, 0.2) is 0 Å². The molecular formula is C22H25ClN4O8S3. The van der Waals surface area contributed by atoms with Crippen LogP contribution in [0.5, 0.6) is 5.75 Å². The van der Waals surface area contributed by atoms with E-state index in [0.29, 0.717) is 11.3 Å². The van der Waals surface area contributed by atoms with E-state index < -0.39 is 55.1 Å². The lowest BCUT2D eigenvalue weighted by Crippen LogP contribution is -2.43. The average molecular weight is 605 g/mol. The zero-order valence-corrected chi connectivity index (χ0v) is 23.1. The third-order valence-electron chi connectivity index (χ3n) is 6.25. The summed E-state index contributed by atoms with van der Waals surface area (Å²) in [5.41, 5.74) is 0.602. The molecule has 1 amide bonds. The Bertz CT molecular complexity index is 1480. The van der Waals surface area contributed by atoms with Crippen molar-refractivity contribution in [3.63, 3.8) is 0 Å². The van der Waals surface area contributed by atoms with Gasteiger partial charge >= 0.3 is 5.97 Å². The lowest BCUT2D eigenvalue weighted by atomic mass is 10.1. The monoisotopic (exact) mass is 604 g/mol. The van der Waals surface area contributed by atoms with Gasteiger partial charge in [0.1, 0.15) is 33.9 Å². The van der Waals surface area contributed by atoms with Gasteiger partial charge in [0.05, 0.1) is 17.3 Å². The summed E-state index contributed by atoms with van der Waals surface area (Å²) in [4.78, 5) is 24.8. The minimum atomic E-state index is -4.24. The number of nitrogens with zero attached hydrogens (tertiary/aromatic N) is 1. The van der Waals surface area contributed by atoms with Crippen LogP contribution in [0, 0.1) is 5.92 Å². The van der Waals surface area contributed by atoms with Crippen LogP contribution in [-0.4, -0.2) is 63.2 Å². The fraction of sp³-hybridized carbons (Fsp3) is 0.364. The fourth-order valence-electron chi connectivity index (χ4n) is 4.30. The van der Waals surface area contributed by atoms with Crippen molar-refractivity contribution in [3.8, 4) is 5.75 Å². The molecule has 2 aromatic carbocycles. The van der Waals surface area contributed by atoms with E-state index in [9.17, 15) is 31.5 Å². The van der Waals surface area contributed by atoms with E-state index in [0.717, 1.165) is 6.07 Å². The summed E-state index contributed by atoms with van der Waals surface area (Å²) in [7, 11) is -8.37. The number of ether oxygens (including phenoxy) is 1. The highest BCUT2D eigenvalue weighted by atomic mass is 35.5. The van der Waals surface area contributed by atoms with Crippen molar-refractivity contribution in [2.24, 2.45) is 11.1 Å². The quantitative estimate of drug-likeness (QED) is 0.291. The molecule has 2 aliphatic rings. The van der Waals surface area contributed by atoms with E-state index in [1.807, 2.05) is 0 Å². The smallest absolute Gasteiger partial charge is 0.326 e. The Morgan fingerprint density at radius 1 is 1.29 bits per heavy atom. The molecule has 4 atom stereocenters. The molecule has 2 heterocycles. The fourth-order valence-corrected chi connectivity index (χ4v) is 6.94. The number of amides is 1. The number of benzene rings is 2. The number of primary sulfonamides is 1. The van der Waals surface area contributed by atoms with Crippen LogP contribution < -0.4 is 19.9 Å². The van der Waals surface area contributed by atoms with Gasteiger partial charge in [-0.2, -0.15) is 17.4 Å². The molecule has 0 bridgehead atoms. The Balaban J connectivity index is 1.50. The summed E-state index contributed by atoms with van der Waals surface area (Å²) in [6, 6.07) is 7.47. The molecule has 0 spiro atoms. The second kappa shape index (κ2) is 10.5. The minimum absolute atomic E-state index is 0.0948. The maximum absolute atomic E-state index is 12.8. The highest BCUT2D eigenvalue weighted by Gasteiger charge is 2.42. The van der Waals surface area contributed by atoms with Crippen LogP contribution in [0.3, 0.4) is 0 Å². The molecule has 38 heavy (non-hydrogen) atoms. The predicted octanol–water partition coefficient (Wildman–Crippen LogP) is 1.39. The Kier molecular flexibility index (Phi) is 7.89. The summed E-state index contributed by atoms with van der Waals surface area (Å²) in [5.74, 6) is -1.16. The number of carbonyl (C=O) groups excluding carboxylic acids is 1. The molecule has 16 heteroatoms. The number of aliphatic carboxylic acids is 1. The third kappa shape index (κ3) is 5.72. The molecule has 4 rings (SSSR count). The number of carboxylic acid groups (broad SMARTS) is 1. The van der Waals surface area contributed by atoms with Crippen molar-refractivity contribution in [3.05, 3.63) is 47.0 Å². The summed E-state index contributed by atoms with van der Waals surface area (Å²) >= 11 is 10.1. The average Bonchev–Trinajstić information content (AvgIpc) is 3.26. The number of carbonyl (C=O) groups is 2. The van der Waals surface area contributed by atoms with Crippen molar-refractivity contribution >= 4 is 61.8 Å². The third-order valence-corrected chi connectivity index (χ3v) is 9.63. The molecule has 0 aliphatic carbocycles. The highest BCUT2D eigenvalue weighted by molar-refractivity contribution is 7.90. The van der Waals surface area contributed by atoms with E-state index in [2.05, 4.69) is 22.7 Å². The molecule has 3 unspecified atom stereocenters. The number of rotatable bonds is 7. The lowest BCUT2D eigenvalue weighted by molar-refractivity contribution is -0.149. The number of carboxylic acids is 1. The molecule has 1 saturated heterocycles. The van der Waals surface area contributed by atoms with Gasteiger partial charge in [0.2, 0.25) is 26.0 Å².